The van der Waals surface area contributed by atoms with Crippen molar-refractivity contribution in [3.63, 3.8) is 0 Å². The van der Waals surface area contributed by atoms with E-state index in [1.165, 1.54) is 12.1 Å². The molecule has 0 aliphatic rings. The highest BCUT2D eigenvalue weighted by Crippen LogP contribution is 2.29. The average molecular weight is 390 g/mol. The van der Waals surface area contributed by atoms with E-state index in [0.717, 1.165) is 11.1 Å². The number of aryl methyl sites for hydroxylation is 1. The third kappa shape index (κ3) is 3.51. The molecule has 0 heterocycles. The number of rotatable bonds is 3. The van der Waals surface area contributed by atoms with Gasteiger partial charge in [-0.05, 0) is 71.2 Å². The Labute approximate surface area is 137 Å². The highest BCUT2D eigenvalue weighted by atomic mass is 79.9. The third-order valence-electron chi connectivity index (χ3n) is 3.16. The molecule has 2 aromatic carbocycles. The van der Waals surface area contributed by atoms with Crippen molar-refractivity contribution in [3.05, 3.63) is 51.0 Å². The van der Waals surface area contributed by atoms with Gasteiger partial charge in [-0.15, -0.1) is 0 Å². The number of nitrogen functional groups attached to an aromatic ring is 1. The molecule has 4 nitrogen and oxygen atoms in total. The predicted octanol–water partition coefficient (Wildman–Crippen LogP) is 4.10. The predicted molar refractivity (Wildman–Crippen MR) is 90.3 cm³/mol. The molecular formula is C14H14BrClN2O2S. The summed E-state index contributed by atoms with van der Waals surface area (Å²) in [5.41, 5.74) is 8.36. The van der Waals surface area contributed by atoms with Crippen LogP contribution in [-0.4, -0.2) is 8.42 Å². The van der Waals surface area contributed by atoms with Gasteiger partial charge in [0.2, 0.25) is 0 Å². The van der Waals surface area contributed by atoms with E-state index in [9.17, 15) is 8.42 Å². The molecule has 0 radical (unpaired) electrons. The fourth-order valence-corrected chi connectivity index (χ4v) is 3.63. The SMILES string of the molecule is Cc1cc(S(=O)(=O)Nc2cc(Cl)ccc2Br)cc(N)c1C. The Balaban J connectivity index is 2.46. The molecule has 0 spiro atoms. The van der Waals surface area contributed by atoms with Crippen molar-refractivity contribution in [2.24, 2.45) is 0 Å². The second-order valence-electron chi connectivity index (χ2n) is 4.68. The number of nitrogens with one attached hydrogen (secondary N) is 1. The van der Waals surface area contributed by atoms with Crippen molar-refractivity contribution in [2.45, 2.75) is 18.7 Å². The lowest BCUT2D eigenvalue weighted by molar-refractivity contribution is 0.601. The Bertz CT molecular complexity index is 784. The Hall–Kier alpha value is -1.24. The van der Waals surface area contributed by atoms with Gasteiger partial charge in [0.15, 0.2) is 0 Å². The summed E-state index contributed by atoms with van der Waals surface area (Å²) in [5.74, 6) is 0. The van der Waals surface area contributed by atoms with Crippen molar-refractivity contribution >= 4 is 48.9 Å². The number of hydrogen-bond donors (Lipinski definition) is 2. The van der Waals surface area contributed by atoms with Gasteiger partial charge >= 0.3 is 0 Å². The van der Waals surface area contributed by atoms with Crippen molar-refractivity contribution < 1.29 is 8.42 Å². The first kappa shape index (κ1) is 16.1. The van der Waals surface area contributed by atoms with Crippen LogP contribution in [0.4, 0.5) is 11.4 Å². The van der Waals surface area contributed by atoms with Crippen LogP contribution in [0.1, 0.15) is 11.1 Å². The van der Waals surface area contributed by atoms with E-state index in [1.54, 1.807) is 18.2 Å². The first-order valence-electron chi connectivity index (χ1n) is 6.05. The highest BCUT2D eigenvalue weighted by Gasteiger charge is 2.18. The number of sulfonamides is 1. The van der Waals surface area contributed by atoms with Gasteiger partial charge in [-0.3, -0.25) is 4.72 Å². The summed E-state index contributed by atoms with van der Waals surface area (Å²) in [7, 11) is -3.73. The average Bonchev–Trinajstić information content (AvgIpc) is 2.39. The molecule has 0 bridgehead atoms. The molecule has 3 N–H and O–H groups in total. The maximum absolute atomic E-state index is 12.5. The normalized spacial score (nSPS) is 11.4. The van der Waals surface area contributed by atoms with Gasteiger partial charge in [-0.25, -0.2) is 8.42 Å². The number of nitrogens with two attached hydrogens (primary N) is 1. The van der Waals surface area contributed by atoms with Gasteiger partial charge in [-0.1, -0.05) is 11.6 Å². The summed E-state index contributed by atoms with van der Waals surface area (Å²) < 4.78 is 28.0. The third-order valence-corrected chi connectivity index (χ3v) is 5.44. The van der Waals surface area contributed by atoms with E-state index in [4.69, 9.17) is 17.3 Å². The first-order valence-corrected chi connectivity index (χ1v) is 8.71. The standard InChI is InChI=1S/C14H14BrClN2O2S/c1-8-5-11(7-13(17)9(8)2)21(19,20)18-14-6-10(16)3-4-12(14)15/h3-7,18H,17H2,1-2H3. The van der Waals surface area contributed by atoms with Gasteiger partial charge < -0.3 is 5.73 Å². The molecule has 0 atom stereocenters. The maximum atomic E-state index is 12.5. The minimum absolute atomic E-state index is 0.120. The zero-order chi connectivity index (χ0) is 15.8. The van der Waals surface area contributed by atoms with Crippen LogP contribution >= 0.6 is 27.5 Å². The summed E-state index contributed by atoms with van der Waals surface area (Å²) in [6.07, 6.45) is 0. The molecule has 2 aromatic rings. The Morgan fingerprint density at radius 1 is 1.19 bits per heavy atom. The molecule has 0 saturated carbocycles. The zero-order valence-electron chi connectivity index (χ0n) is 11.4. The van der Waals surface area contributed by atoms with Crippen LogP contribution in [0.15, 0.2) is 39.7 Å². The monoisotopic (exact) mass is 388 g/mol. The summed E-state index contributed by atoms with van der Waals surface area (Å²) in [4.78, 5) is 0.120. The Morgan fingerprint density at radius 3 is 2.48 bits per heavy atom. The number of hydrogen-bond acceptors (Lipinski definition) is 3. The van der Waals surface area contributed by atoms with Crippen LogP contribution in [0.3, 0.4) is 0 Å². The van der Waals surface area contributed by atoms with E-state index >= 15 is 0 Å². The largest absolute Gasteiger partial charge is 0.398 e. The number of halogens is 2. The van der Waals surface area contributed by atoms with Gasteiger partial charge in [0.1, 0.15) is 0 Å². The first-order chi connectivity index (χ1) is 9.70. The molecule has 0 aliphatic carbocycles. The minimum Gasteiger partial charge on any atom is -0.398 e. The molecule has 0 aliphatic heterocycles. The van der Waals surface area contributed by atoms with Crippen LogP contribution in [0.2, 0.25) is 5.02 Å². The van der Waals surface area contributed by atoms with E-state index in [-0.39, 0.29) is 4.90 Å². The molecule has 0 amide bonds. The van der Waals surface area contributed by atoms with Crippen LogP contribution in [-0.2, 0) is 10.0 Å². The number of anilines is 2. The van der Waals surface area contributed by atoms with Crippen molar-refractivity contribution in [1.82, 2.24) is 0 Å². The molecule has 21 heavy (non-hydrogen) atoms. The lowest BCUT2D eigenvalue weighted by Gasteiger charge is -2.13. The number of benzene rings is 2. The van der Waals surface area contributed by atoms with Crippen LogP contribution in [0, 0.1) is 13.8 Å². The second-order valence-corrected chi connectivity index (χ2v) is 7.66. The van der Waals surface area contributed by atoms with Gasteiger partial charge in [0, 0.05) is 15.2 Å². The summed E-state index contributed by atoms with van der Waals surface area (Å²) >= 11 is 9.17. The zero-order valence-corrected chi connectivity index (χ0v) is 14.6. The summed E-state index contributed by atoms with van der Waals surface area (Å²) in [5, 5.41) is 0.440. The quantitative estimate of drug-likeness (QED) is 0.776. The van der Waals surface area contributed by atoms with Gasteiger partial charge in [-0.2, -0.15) is 0 Å². The van der Waals surface area contributed by atoms with Gasteiger partial charge in [0.05, 0.1) is 10.6 Å². The molecule has 2 rings (SSSR count). The summed E-state index contributed by atoms with van der Waals surface area (Å²) in [6, 6.07) is 7.91. The van der Waals surface area contributed by atoms with Crippen molar-refractivity contribution in [3.8, 4) is 0 Å². The maximum Gasteiger partial charge on any atom is 0.262 e. The minimum atomic E-state index is -3.73. The summed E-state index contributed by atoms with van der Waals surface area (Å²) in [6.45, 7) is 3.67. The topological polar surface area (TPSA) is 72.2 Å². The lowest BCUT2D eigenvalue weighted by atomic mass is 10.1. The van der Waals surface area contributed by atoms with E-state index in [1.807, 2.05) is 13.8 Å². The highest BCUT2D eigenvalue weighted by molar-refractivity contribution is 9.10. The van der Waals surface area contributed by atoms with Crippen molar-refractivity contribution in [1.29, 1.82) is 0 Å². The fraction of sp³-hybridized carbons (Fsp3) is 0.143. The van der Waals surface area contributed by atoms with Crippen molar-refractivity contribution in [2.75, 3.05) is 10.5 Å². The van der Waals surface area contributed by atoms with E-state index in [2.05, 4.69) is 20.7 Å². The molecule has 0 unspecified atom stereocenters. The van der Waals surface area contributed by atoms with Gasteiger partial charge in [0.25, 0.3) is 10.0 Å². The molecule has 0 aromatic heterocycles. The molecule has 112 valence electrons. The van der Waals surface area contributed by atoms with Crippen LogP contribution < -0.4 is 10.5 Å². The van der Waals surface area contributed by atoms with Crippen LogP contribution in [0.25, 0.3) is 0 Å². The molecule has 0 fully saturated rings. The van der Waals surface area contributed by atoms with Crippen LogP contribution in [0.5, 0.6) is 0 Å². The fourth-order valence-electron chi connectivity index (χ4n) is 1.79. The van der Waals surface area contributed by atoms with E-state index < -0.39 is 10.0 Å². The van der Waals surface area contributed by atoms with E-state index in [0.29, 0.717) is 20.9 Å². The molecular weight excluding hydrogens is 376 g/mol. The molecule has 7 heteroatoms. The molecule has 0 saturated heterocycles. The second kappa shape index (κ2) is 5.87. The Kier molecular flexibility index (Phi) is 4.51. The lowest BCUT2D eigenvalue weighted by Crippen LogP contribution is -2.14. The Morgan fingerprint density at radius 2 is 1.86 bits per heavy atom. The smallest absolute Gasteiger partial charge is 0.262 e.